The van der Waals surface area contributed by atoms with Gasteiger partial charge in [0.15, 0.2) is 0 Å². The van der Waals surface area contributed by atoms with Crippen molar-refractivity contribution in [3.63, 3.8) is 0 Å². The molecule has 7 nitrogen and oxygen atoms in total. The lowest BCUT2D eigenvalue weighted by Crippen LogP contribution is -2.73. The van der Waals surface area contributed by atoms with Crippen molar-refractivity contribution in [2.75, 3.05) is 40.0 Å². The second kappa shape index (κ2) is 9.15. The molecule has 1 N–H and O–H groups in total. The van der Waals surface area contributed by atoms with Crippen LogP contribution in [0.25, 0.3) is 11.1 Å². The number of rotatable bonds is 5. The van der Waals surface area contributed by atoms with Gasteiger partial charge >= 0.3 is 0 Å². The first kappa shape index (κ1) is 21.9. The zero-order valence-electron chi connectivity index (χ0n) is 18.9. The fraction of sp³-hybridized carbons (Fsp3) is 0.462. The Kier molecular flexibility index (Phi) is 6.08. The Morgan fingerprint density at radius 3 is 2.30 bits per heavy atom. The van der Waals surface area contributed by atoms with E-state index in [4.69, 9.17) is 9.47 Å². The van der Waals surface area contributed by atoms with E-state index in [0.717, 1.165) is 22.4 Å². The quantitative estimate of drug-likeness (QED) is 0.756. The molecule has 0 spiro atoms. The molecule has 3 aliphatic heterocycles. The highest BCUT2D eigenvalue weighted by Crippen LogP contribution is 2.43. The van der Waals surface area contributed by atoms with Gasteiger partial charge in [-0.3, -0.25) is 9.59 Å². The number of carbonyl (C=O) groups excluding carboxylic acids is 2. The van der Waals surface area contributed by atoms with Gasteiger partial charge in [-0.25, -0.2) is 0 Å². The Hall–Kier alpha value is -2.90. The summed E-state index contributed by atoms with van der Waals surface area (Å²) in [5.41, 5.74) is 3.27. The van der Waals surface area contributed by atoms with E-state index in [1.165, 1.54) is 0 Å². The van der Waals surface area contributed by atoms with E-state index in [-0.39, 0.29) is 48.9 Å². The lowest BCUT2D eigenvalue weighted by molar-refractivity contribution is -0.169. The molecule has 7 heteroatoms. The molecule has 0 unspecified atom stereocenters. The van der Waals surface area contributed by atoms with Gasteiger partial charge < -0.3 is 24.4 Å². The molecule has 0 bridgehead atoms. The molecule has 2 aromatic rings. The second-order valence-electron chi connectivity index (χ2n) is 9.10. The van der Waals surface area contributed by atoms with Crippen LogP contribution < -0.4 is 4.74 Å². The third kappa shape index (κ3) is 4.00. The lowest BCUT2D eigenvalue weighted by atomic mass is 9.73. The molecule has 174 valence electrons. The summed E-state index contributed by atoms with van der Waals surface area (Å²) in [6.07, 6.45) is 1.43. The van der Waals surface area contributed by atoms with Crippen molar-refractivity contribution in [1.82, 2.24) is 9.80 Å². The number of piperazine rings is 1. The lowest BCUT2D eigenvalue weighted by Gasteiger charge is -2.59. The first-order valence-electron chi connectivity index (χ1n) is 11.6. The summed E-state index contributed by atoms with van der Waals surface area (Å²) in [5, 5.41) is 10.0. The minimum Gasteiger partial charge on any atom is -0.497 e. The number of aliphatic hydroxyl groups excluding tert-OH is 1. The molecule has 33 heavy (non-hydrogen) atoms. The third-order valence-corrected chi connectivity index (χ3v) is 7.35. The molecule has 5 rings (SSSR count). The predicted molar refractivity (Wildman–Crippen MR) is 123 cm³/mol. The second-order valence-corrected chi connectivity index (χ2v) is 9.10. The summed E-state index contributed by atoms with van der Waals surface area (Å²) in [6, 6.07) is 15.9. The van der Waals surface area contributed by atoms with Crippen LogP contribution in [0.15, 0.2) is 48.5 Å². The van der Waals surface area contributed by atoms with E-state index in [9.17, 15) is 14.7 Å². The molecule has 2 amide bonds. The number of carbonyl (C=O) groups is 2. The van der Waals surface area contributed by atoms with Gasteiger partial charge in [0.05, 0.1) is 32.3 Å². The monoisotopic (exact) mass is 450 g/mol. The minimum atomic E-state index is -0.241. The van der Waals surface area contributed by atoms with Crippen molar-refractivity contribution in [1.29, 1.82) is 0 Å². The average molecular weight is 451 g/mol. The van der Waals surface area contributed by atoms with Crippen LogP contribution in [0.1, 0.15) is 24.3 Å². The Bertz CT molecular complexity index is 1000. The SMILES string of the molecule is COc1ccc(-c2ccc([C@H]3[C@@H](CO)N4C(=O)CN(C(=O)C5CCOCC5)C[C@@H]34)cc2)cc1. The molecule has 3 saturated heterocycles. The van der Waals surface area contributed by atoms with Crippen LogP contribution in [0.5, 0.6) is 5.75 Å². The van der Waals surface area contributed by atoms with Gasteiger partial charge in [-0.15, -0.1) is 0 Å². The molecule has 0 saturated carbocycles. The topological polar surface area (TPSA) is 79.3 Å². The molecule has 0 aliphatic carbocycles. The normalized spacial score (nSPS) is 25.4. The zero-order valence-corrected chi connectivity index (χ0v) is 18.9. The van der Waals surface area contributed by atoms with Gasteiger partial charge in [-0.1, -0.05) is 36.4 Å². The molecule has 3 atom stereocenters. The van der Waals surface area contributed by atoms with E-state index >= 15 is 0 Å². The van der Waals surface area contributed by atoms with Crippen molar-refractivity contribution < 1.29 is 24.2 Å². The van der Waals surface area contributed by atoms with E-state index < -0.39 is 0 Å². The molecule has 3 heterocycles. The van der Waals surface area contributed by atoms with Crippen LogP contribution in [0, 0.1) is 5.92 Å². The Labute approximate surface area is 193 Å². The average Bonchev–Trinajstić information content (AvgIpc) is 2.86. The van der Waals surface area contributed by atoms with Crippen LogP contribution in [-0.4, -0.2) is 78.8 Å². The minimum absolute atomic E-state index is 0.00848. The van der Waals surface area contributed by atoms with Gasteiger partial charge in [0, 0.05) is 31.6 Å². The molecule has 0 aromatic heterocycles. The van der Waals surface area contributed by atoms with E-state index in [0.29, 0.717) is 32.6 Å². The van der Waals surface area contributed by atoms with Crippen molar-refractivity contribution in [2.45, 2.75) is 30.8 Å². The highest BCUT2D eigenvalue weighted by atomic mass is 16.5. The summed E-state index contributed by atoms with van der Waals surface area (Å²) in [5.74, 6) is 0.755. The van der Waals surface area contributed by atoms with E-state index in [1.54, 1.807) is 16.9 Å². The first-order valence-corrected chi connectivity index (χ1v) is 11.6. The molecule has 0 radical (unpaired) electrons. The van der Waals surface area contributed by atoms with Crippen LogP contribution in [0.2, 0.25) is 0 Å². The molecular formula is C26H30N2O5. The number of methoxy groups -OCH3 is 1. The van der Waals surface area contributed by atoms with Gasteiger partial charge in [0.1, 0.15) is 5.75 Å². The summed E-state index contributed by atoms with van der Waals surface area (Å²) >= 11 is 0. The molecule has 3 aliphatic rings. The summed E-state index contributed by atoms with van der Waals surface area (Å²) in [6.45, 7) is 1.74. The number of hydrogen-bond donors (Lipinski definition) is 1. The standard InChI is InChI=1S/C26H30N2O5/c1-32-21-8-6-18(7-9-21)17-2-4-19(5-3-17)25-22-14-27(15-24(30)28(22)23(25)16-29)26(31)20-10-12-33-13-11-20/h2-9,20,22-23,25,29H,10-16H2,1H3/t22-,23+,25+/m0/s1. The highest BCUT2D eigenvalue weighted by Gasteiger charge is 2.54. The summed E-state index contributed by atoms with van der Waals surface area (Å²) in [4.78, 5) is 29.5. The van der Waals surface area contributed by atoms with Crippen LogP contribution in [-0.2, 0) is 14.3 Å². The zero-order chi connectivity index (χ0) is 22.9. The molecular weight excluding hydrogens is 420 g/mol. The maximum absolute atomic E-state index is 13.1. The van der Waals surface area contributed by atoms with Crippen molar-refractivity contribution in [3.8, 4) is 16.9 Å². The number of aliphatic hydroxyl groups is 1. The van der Waals surface area contributed by atoms with Crippen LogP contribution in [0.3, 0.4) is 0 Å². The number of benzene rings is 2. The van der Waals surface area contributed by atoms with Crippen molar-refractivity contribution >= 4 is 11.8 Å². The maximum atomic E-state index is 13.1. The fourth-order valence-corrected chi connectivity index (χ4v) is 5.55. The van der Waals surface area contributed by atoms with E-state index in [2.05, 4.69) is 24.3 Å². The number of ether oxygens (including phenoxy) is 2. The Morgan fingerprint density at radius 1 is 1.06 bits per heavy atom. The van der Waals surface area contributed by atoms with Crippen molar-refractivity contribution in [2.24, 2.45) is 5.92 Å². The summed E-state index contributed by atoms with van der Waals surface area (Å²) in [7, 11) is 1.65. The Morgan fingerprint density at radius 2 is 1.70 bits per heavy atom. The number of hydrogen-bond acceptors (Lipinski definition) is 5. The number of amides is 2. The smallest absolute Gasteiger partial charge is 0.242 e. The predicted octanol–water partition coefficient (Wildman–Crippen LogP) is 2.29. The van der Waals surface area contributed by atoms with Crippen LogP contribution >= 0.6 is 0 Å². The summed E-state index contributed by atoms with van der Waals surface area (Å²) < 4.78 is 10.6. The Balaban J connectivity index is 1.34. The fourth-order valence-electron chi connectivity index (χ4n) is 5.55. The molecule has 3 fully saturated rings. The van der Waals surface area contributed by atoms with Gasteiger partial charge in [0.2, 0.25) is 11.8 Å². The van der Waals surface area contributed by atoms with E-state index in [1.807, 2.05) is 24.3 Å². The van der Waals surface area contributed by atoms with Gasteiger partial charge in [-0.05, 0) is 41.7 Å². The highest BCUT2D eigenvalue weighted by molar-refractivity contribution is 5.88. The van der Waals surface area contributed by atoms with Crippen LogP contribution in [0.4, 0.5) is 0 Å². The number of fused-ring (bicyclic) bond motifs is 1. The third-order valence-electron chi connectivity index (χ3n) is 7.35. The molecule has 2 aromatic carbocycles. The maximum Gasteiger partial charge on any atom is 0.242 e. The largest absolute Gasteiger partial charge is 0.497 e. The van der Waals surface area contributed by atoms with Gasteiger partial charge in [-0.2, -0.15) is 0 Å². The van der Waals surface area contributed by atoms with Crippen molar-refractivity contribution in [3.05, 3.63) is 54.1 Å². The first-order chi connectivity index (χ1) is 16.1. The number of nitrogens with zero attached hydrogens (tertiary/aromatic N) is 2. The van der Waals surface area contributed by atoms with Gasteiger partial charge in [0.25, 0.3) is 0 Å².